The number of piperazine rings is 1. The fraction of sp³-hybridized carbons (Fsp3) is 0.360. The van der Waals surface area contributed by atoms with Crippen LogP contribution in [0.2, 0.25) is 5.02 Å². The molecule has 0 bridgehead atoms. The molecule has 2 aliphatic rings. The van der Waals surface area contributed by atoms with Crippen LogP contribution in [0.15, 0.2) is 42.1 Å². The van der Waals surface area contributed by atoms with Crippen LogP contribution in [0.5, 0.6) is 0 Å². The van der Waals surface area contributed by atoms with E-state index < -0.39 is 0 Å². The summed E-state index contributed by atoms with van der Waals surface area (Å²) >= 11 is 6.32. The van der Waals surface area contributed by atoms with Gasteiger partial charge < -0.3 is 9.80 Å². The van der Waals surface area contributed by atoms with Crippen molar-refractivity contribution in [2.75, 3.05) is 37.6 Å². The molecule has 2 aromatic carbocycles. The van der Waals surface area contributed by atoms with Crippen molar-refractivity contribution in [2.45, 2.75) is 27.7 Å². The van der Waals surface area contributed by atoms with Crippen LogP contribution in [0.1, 0.15) is 29.2 Å². The molecule has 0 saturated carbocycles. The number of nitrogens with zero attached hydrogens (tertiary/aromatic N) is 3. The number of rotatable bonds is 4. The molecular formula is C25H28ClN3O2. The van der Waals surface area contributed by atoms with Gasteiger partial charge in [-0.1, -0.05) is 42.8 Å². The van der Waals surface area contributed by atoms with Crippen molar-refractivity contribution in [1.29, 1.82) is 0 Å². The number of anilines is 1. The Morgan fingerprint density at radius 2 is 1.61 bits per heavy atom. The van der Waals surface area contributed by atoms with Crippen molar-refractivity contribution in [2.24, 2.45) is 0 Å². The van der Waals surface area contributed by atoms with Gasteiger partial charge in [-0.25, -0.2) is 4.90 Å². The SMILES string of the molecule is CCN1CCN(C2=C(c3ccc(C)c(C)c3)C(=O)N(c3cccc(Cl)c3C)C2=O)CC1. The van der Waals surface area contributed by atoms with Gasteiger partial charge in [0.25, 0.3) is 11.8 Å². The van der Waals surface area contributed by atoms with Crippen LogP contribution in [-0.2, 0) is 9.59 Å². The second kappa shape index (κ2) is 8.48. The number of likely N-dealkylation sites (N-methyl/N-ethyl adjacent to an activating group) is 1. The molecule has 1 fully saturated rings. The number of hydrogen-bond donors (Lipinski definition) is 0. The normalized spacial score (nSPS) is 17.8. The molecule has 4 rings (SSSR count). The fourth-order valence-electron chi connectivity index (χ4n) is 4.31. The predicted molar refractivity (Wildman–Crippen MR) is 125 cm³/mol. The summed E-state index contributed by atoms with van der Waals surface area (Å²) in [6, 6.07) is 11.3. The molecule has 0 radical (unpaired) electrons. The lowest BCUT2D eigenvalue weighted by Crippen LogP contribution is -2.47. The van der Waals surface area contributed by atoms with Gasteiger partial charge in [-0.05, 0) is 61.7 Å². The number of amides is 2. The molecule has 0 atom stereocenters. The highest BCUT2D eigenvalue weighted by Crippen LogP contribution is 2.38. The number of benzene rings is 2. The van der Waals surface area contributed by atoms with Gasteiger partial charge >= 0.3 is 0 Å². The maximum absolute atomic E-state index is 13.7. The molecule has 0 aromatic heterocycles. The van der Waals surface area contributed by atoms with Crippen molar-refractivity contribution in [3.05, 3.63) is 69.4 Å². The molecule has 2 amide bonds. The summed E-state index contributed by atoms with van der Waals surface area (Å²) in [6.07, 6.45) is 0. The van der Waals surface area contributed by atoms with E-state index in [2.05, 4.69) is 16.7 Å². The van der Waals surface area contributed by atoms with Gasteiger partial charge in [0.05, 0.1) is 11.3 Å². The van der Waals surface area contributed by atoms with Crippen molar-refractivity contribution in [1.82, 2.24) is 9.80 Å². The molecule has 2 aromatic rings. The topological polar surface area (TPSA) is 43.9 Å². The quantitative estimate of drug-likeness (QED) is 0.673. The molecule has 1 saturated heterocycles. The predicted octanol–water partition coefficient (Wildman–Crippen LogP) is 4.19. The summed E-state index contributed by atoms with van der Waals surface area (Å²) < 4.78 is 0. The minimum Gasteiger partial charge on any atom is -0.364 e. The summed E-state index contributed by atoms with van der Waals surface area (Å²) in [6.45, 7) is 12.2. The number of aryl methyl sites for hydroxylation is 2. The van der Waals surface area contributed by atoms with Crippen molar-refractivity contribution in [3.8, 4) is 0 Å². The second-order valence-corrected chi connectivity index (χ2v) is 8.68. The molecule has 2 aliphatic heterocycles. The number of imide groups is 1. The van der Waals surface area contributed by atoms with Crippen molar-refractivity contribution >= 4 is 34.7 Å². The van der Waals surface area contributed by atoms with Crippen molar-refractivity contribution in [3.63, 3.8) is 0 Å². The van der Waals surface area contributed by atoms with Gasteiger partial charge in [0, 0.05) is 31.2 Å². The lowest BCUT2D eigenvalue weighted by Gasteiger charge is -2.36. The summed E-state index contributed by atoms with van der Waals surface area (Å²) in [4.78, 5) is 33.2. The number of carbonyl (C=O) groups is 2. The highest BCUT2D eigenvalue weighted by molar-refractivity contribution is 6.46. The monoisotopic (exact) mass is 437 g/mol. The van der Waals surface area contributed by atoms with Crippen LogP contribution in [0, 0.1) is 20.8 Å². The highest BCUT2D eigenvalue weighted by atomic mass is 35.5. The third kappa shape index (κ3) is 3.77. The first-order chi connectivity index (χ1) is 14.8. The van der Waals surface area contributed by atoms with E-state index in [1.807, 2.05) is 39.0 Å². The lowest BCUT2D eigenvalue weighted by atomic mass is 9.99. The molecule has 6 heteroatoms. The molecule has 2 heterocycles. The molecule has 0 aliphatic carbocycles. The fourth-order valence-corrected chi connectivity index (χ4v) is 4.48. The zero-order valence-corrected chi connectivity index (χ0v) is 19.3. The van der Waals surface area contributed by atoms with Crippen LogP contribution in [-0.4, -0.2) is 54.3 Å². The van der Waals surface area contributed by atoms with E-state index in [0.717, 1.165) is 55.0 Å². The van der Waals surface area contributed by atoms with Gasteiger partial charge in [0.1, 0.15) is 5.70 Å². The zero-order chi connectivity index (χ0) is 22.3. The van der Waals surface area contributed by atoms with Gasteiger partial charge in [-0.15, -0.1) is 0 Å². The Morgan fingerprint density at radius 1 is 0.903 bits per heavy atom. The van der Waals surface area contributed by atoms with E-state index >= 15 is 0 Å². The molecule has 0 spiro atoms. The van der Waals surface area contributed by atoms with Crippen LogP contribution in [0.25, 0.3) is 5.57 Å². The van der Waals surface area contributed by atoms with Gasteiger partial charge in [-0.3, -0.25) is 9.59 Å². The van der Waals surface area contributed by atoms with Crippen molar-refractivity contribution < 1.29 is 9.59 Å². The maximum Gasteiger partial charge on any atom is 0.282 e. The lowest BCUT2D eigenvalue weighted by molar-refractivity contribution is -0.120. The first kappa shape index (κ1) is 21.6. The van der Waals surface area contributed by atoms with Crippen LogP contribution < -0.4 is 4.90 Å². The first-order valence-corrected chi connectivity index (χ1v) is 11.1. The molecule has 0 N–H and O–H groups in total. The largest absolute Gasteiger partial charge is 0.364 e. The van der Waals surface area contributed by atoms with E-state index in [-0.39, 0.29) is 11.8 Å². The Morgan fingerprint density at radius 3 is 2.26 bits per heavy atom. The third-order valence-corrected chi connectivity index (χ3v) is 6.88. The smallest absolute Gasteiger partial charge is 0.282 e. The average Bonchev–Trinajstić information content (AvgIpc) is 3.02. The van der Waals surface area contributed by atoms with Crippen LogP contribution in [0.3, 0.4) is 0 Å². The molecule has 162 valence electrons. The first-order valence-electron chi connectivity index (χ1n) is 10.8. The Balaban J connectivity index is 1.83. The standard InChI is InChI=1S/C25H28ClN3O2/c1-5-27-11-13-28(14-12-27)23-22(19-10-9-16(2)17(3)15-19)24(30)29(25(23)31)21-8-6-7-20(26)18(21)4/h6-10,15H,5,11-14H2,1-4H3. The van der Waals surface area contributed by atoms with Crippen LogP contribution in [0.4, 0.5) is 5.69 Å². The molecule has 0 unspecified atom stereocenters. The Hall–Kier alpha value is -2.63. The minimum absolute atomic E-state index is 0.270. The van der Waals surface area contributed by atoms with E-state index in [1.165, 1.54) is 4.90 Å². The summed E-state index contributed by atoms with van der Waals surface area (Å²) in [5.74, 6) is -0.555. The third-order valence-electron chi connectivity index (χ3n) is 6.47. The second-order valence-electron chi connectivity index (χ2n) is 8.27. The molecule has 5 nitrogen and oxygen atoms in total. The Bertz CT molecular complexity index is 1080. The summed E-state index contributed by atoms with van der Waals surface area (Å²) in [5.41, 5.74) is 5.30. The van der Waals surface area contributed by atoms with Gasteiger partial charge in [0.15, 0.2) is 0 Å². The number of carbonyl (C=O) groups excluding carboxylic acids is 2. The Labute approximate surface area is 188 Å². The van der Waals surface area contributed by atoms with Crippen LogP contribution >= 0.6 is 11.6 Å². The van der Waals surface area contributed by atoms with E-state index in [4.69, 9.17) is 11.6 Å². The number of hydrogen-bond acceptors (Lipinski definition) is 4. The van der Waals surface area contributed by atoms with E-state index in [9.17, 15) is 9.59 Å². The van der Waals surface area contributed by atoms with Gasteiger partial charge in [0.2, 0.25) is 0 Å². The summed E-state index contributed by atoms with van der Waals surface area (Å²) in [7, 11) is 0. The zero-order valence-electron chi connectivity index (χ0n) is 18.5. The highest BCUT2D eigenvalue weighted by Gasteiger charge is 2.43. The van der Waals surface area contributed by atoms with E-state index in [1.54, 1.807) is 18.2 Å². The number of halogens is 1. The van der Waals surface area contributed by atoms with Gasteiger partial charge in [-0.2, -0.15) is 0 Å². The molecule has 31 heavy (non-hydrogen) atoms. The maximum atomic E-state index is 13.7. The minimum atomic E-state index is -0.286. The Kier molecular flexibility index (Phi) is 5.91. The average molecular weight is 438 g/mol. The van der Waals surface area contributed by atoms with E-state index in [0.29, 0.717) is 22.0 Å². The summed E-state index contributed by atoms with van der Waals surface area (Å²) in [5, 5.41) is 0.538. The molecular weight excluding hydrogens is 410 g/mol.